The first-order valence-electron chi connectivity index (χ1n) is 7.02. The van der Waals surface area contributed by atoms with Gasteiger partial charge in [0.15, 0.2) is 0 Å². The number of anilines is 1. The van der Waals surface area contributed by atoms with Crippen LogP contribution in [0.15, 0.2) is 18.2 Å². The van der Waals surface area contributed by atoms with Gasteiger partial charge in [-0.2, -0.15) is 0 Å². The van der Waals surface area contributed by atoms with Gasteiger partial charge in [0.2, 0.25) is 0 Å². The normalized spacial score (nSPS) is 22.8. The zero-order chi connectivity index (χ0) is 12.1. The van der Waals surface area contributed by atoms with Crippen LogP contribution >= 0.6 is 0 Å². The van der Waals surface area contributed by atoms with Crippen LogP contribution in [0, 0.1) is 0 Å². The van der Waals surface area contributed by atoms with Crippen molar-refractivity contribution in [1.29, 1.82) is 0 Å². The number of hydrogen-bond acceptors (Lipinski definition) is 2. The summed E-state index contributed by atoms with van der Waals surface area (Å²) in [5, 5.41) is 0. The minimum Gasteiger partial charge on any atom is -0.371 e. The molecule has 1 saturated heterocycles. The van der Waals surface area contributed by atoms with E-state index in [-0.39, 0.29) is 5.91 Å². The Morgan fingerprint density at radius 3 is 2.61 bits per heavy atom. The molecular formula is C15H18N2O. The molecule has 94 valence electrons. The van der Waals surface area contributed by atoms with Crippen LogP contribution in [0.4, 0.5) is 5.69 Å². The minimum absolute atomic E-state index is 0.273. The Hall–Kier alpha value is -1.51. The molecule has 0 spiro atoms. The predicted molar refractivity (Wildman–Crippen MR) is 70.8 cm³/mol. The zero-order valence-electron chi connectivity index (χ0n) is 10.6. The second-order valence-corrected chi connectivity index (χ2v) is 5.67. The van der Waals surface area contributed by atoms with Crippen molar-refractivity contribution in [3.63, 3.8) is 0 Å². The summed E-state index contributed by atoms with van der Waals surface area (Å²) in [4.78, 5) is 17.0. The standard InChI is InChI=1S/C15H18N2O/c18-15-14-11(10-17(15)12-6-7-12)4-3-5-13(14)16-8-1-2-9-16/h3-5,12H,1-2,6-10H2. The van der Waals surface area contributed by atoms with Gasteiger partial charge < -0.3 is 9.80 Å². The molecule has 0 bridgehead atoms. The van der Waals surface area contributed by atoms with E-state index in [1.54, 1.807) is 0 Å². The highest BCUT2D eigenvalue weighted by Gasteiger charge is 2.39. The fraction of sp³-hybridized carbons (Fsp3) is 0.533. The van der Waals surface area contributed by atoms with Crippen molar-refractivity contribution in [3.05, 3.63) is 29.3 Å². The summed E-state index contributed by atoms with van der Waals surface area (Å²) in [6, 6.07) is 6.88. The van der Waals surface area contributed by atoms with Crippen molar-refractivity contribution in [1.82, 2.24) is 4.90 Å². The van der Waals surface area contributed by atoms with Crippen molar-refractivity contribution < 1.29 is 4.79 Å². The highest BCUT2D eigenvalue weighted by Crippen LogP contribution is 2.38. The maximum absolute atomic E-state index is 12.6. The monoisotopic (exact) mass is 242 g/mol. The molecule has 3 aliphatic rings. The Kier molecular flexibility index (Phi) is 2.16. The third-order valence-corrected chi connectivity index (χ3v) is 4.38. The number of benzene rings is 1. The number of carbonyl (C=O) groups excluding carboxylic acids is 1. The lowest BCUT2D eigenvalue weighted by molar-refractivity contribution is 0.0767. The zero-order valence-corrected chi connectivity index (χ0v) is 10.6. The number of rotatable bonds is 2. The first-order chi connectivity index (χ1) is 8.84. The number of amides is 1. The first kappa shape index (κ1) is 10.4. The van der Waals surface area contributed by atoms with Gasteiger partial charge in [0, 0.05) is 31.4 Å². The van der Waals surface area contributed by atoms with E-state index in [1.165, 1.54) is 36.9 Å². The Morgan fingerprint density at radius 2 is 1.89 bits per heavy atom. The van der Waals surface area contributed by atoms with Crippen LogP contribution in [-0.2, 0) is 6.54 Å². The number of nitrogens with zero attached hydrogens (tertiary/aromatic N) is 2. The van der Waals surface area contributed by atoms with Gasteiger partial charge in [-0.05, 0) is 37.3 Å². The first-order valence-corrected chi connectivity index (χ1v) is 7.02. The molecule has 4 rings (SSSR count). The van der Waals surface area contributed by atoms with Crippen molar-refractivity contribution in [2.24, 2.45) is 0 Å². The van der Waals surface area contributed by atoms with Gasteiger partial charge in [-0.15, -0.1) is 0 Å². The van der Waals surface area contributed by atoms with Crippen LogP contribution in [0.1, 0.15) is 41.6 Å². The molecule has 2 heterocycles. The van der Waals surface area contributed by atoms with Crippen LogP contribution in [0.2, 0.25) is 0 Å². The second-order valence-electron chi connectivity index (χ2n) is 5.67. The maximum atomic E-state index is 12.6. The van der Waals surface area contributed by atoms with Gasteiger partial charge in [0.25, 0.3) is 5.91 Å². The molecule has 1 aromatic rings. The summed E-state index contributed by atoms with van der Waals surface area (Å²) < 4.78 is 0. The van der Waals surface area contributed by atoms with Gasteiger partial charge in [-0.25, -0.2) is 0 Å². The topological polar surface area (TPSA) is 23.6 Å². The Balaban J connectivity index is 1.74. The van der Waals surface area contributed by atoms with E-state index in [0.717, 1.165) is 25.2 Å². The van der Waals surface area contributed by atoms with Crippen LogP contribution in [0.25, 0.3) is 0 Å². The largest absolute Gasteiger partial charge is 0.371 e. The van der Waals surface area contributed by atoms with Crippen LogP contribution in [0.3, 0.4) is 0 Å². The molecule has 1 amide bonds. The molecule has 0 unspecified atom stereocenters. The molecule has 1 aromatic carbocycles. The molecule has 0 atom stereocenters. The molecule has 2 fully saturated rings. The fourth-order valence-corrected chi connectivity index (χ4v) is 3.27. The maximum Gasteiger partial charge on any atom is 0.256 e. The third-order valence-electron chi connectivity index (χ3n) is 4.38. The molecule has 0 radical (unpaired) electrons. The van der Waals surface area contributed by atoms with Gasteiger partial charge in [-0.1, -0.05) is 12.1 Å². The van der Waals surface area contributed by atoms with Crippen LogP contribution in [-0.4, -0.2) is 29.9 Å². The Morgan fingerprint density at radius 1 is 1.11 bits per heavy atom. The molecular weight excluding hydrogens is 224 g/mol. The Bertz CT molecular complexity index is 501. The lowest BCUT2D eigenvalue weighted by atomic mass is 10.1. The van der Waals surface area contributed by atoms with Crippen LogP contribution < -0.4 is 4.90 Å². The van der Waals surface area contributed by atoms with Crippen molar-refractivity contribution in [3.8, 4) is 0 Å². The lowest BCUT2D eigenvalue weighted by Gasteiger charge is -2.20. The highest BCUT2D eigenvalue weighted by molar-refractivity contribution is 6.04. The molecule has 1 aliphatic carbocycles. The van der Waals surface area contributed by atoms with E-state index in [4.69, 9.17) is 0 Å². The second kappa shape index (κ2) is 3.74. The predicted octanol–water partition coefficient (Wildman–Crippen LogP) is 2.41. The molecule has 18 heavy (non-hydrogen) atoms. The molecule has 3 nitrogen and oxygen atoms in total. The molecule has 3 heteroatoms. The van der Waals surface area contributed by atoms with Gasteiger partial charge in [0.05, 0.1) is 5.56 Å². The smallest absolute Gasteiger partial charge is 0.256 e. The van der Waals surface area contributed by atoms with Gasteiger partial charge >= 0.3 is 0 Å². The van der Waals surface area contributed by atoms with E-state index in [0.29, 0.717) is 6.04 Å². The summed E-state index contributed by atoms with van der Waals surface area (Å²) in [6.07, 6.45) is 4.89. The summed E-state index contributed by atoms with van der Waals surface area (Å²) in [6.45, 7) is 3.04. The molecule has 0 aromatic heterocycles. The number of fused-ring (bicyclic) bond motifs is 1. The average Bonchev–Trinajstić information content (AvgIpc) is 2.97. The summed E-state index contributed by atoms with van der Waals surface area (Å²) in [5.41, 5.74) is 3.40. The highest BCUT2D eigenvalue weighted by atomic mass is 16.2. The molecule has 1 saturated carbocycles. The minimum atomic E-state index is 0.273. The number of carbonyl (C=O) groups is 1. The van der Waals surface area contributed by atoms with Gasteiger partial charge in [-0.3, -0.25) is 4.79 Å². The quantitative estimate of drug-likeness (QED) is 0.795. The van der Waals surface area contributed by atoms with Gasteiger partial charge in [0.1, 0.15) is 0 Å². The summed E-state index contributed by atoms with van der Waals surface area (Å²) in [5.74, 6) is 0.273. The number of hydrogen-bond donors (Lipinski definition) is 0. The molecule has 0 N–H and O–H groups in total. The lowest BCUT2D eigenvalue weighted by Crippen LogP contribution is -2.27. The van der Waals surface area contributed by atoms with Crippen molar-refractivity contribution >= 4 is 11.6 Å². The molecule has 2 aliphatic heterocycles. The van der Waals surface area contributed by atoms with Crippen LogP contribution in [0.5, 0.6) is 0 Å². The summed E-state index contributed by atoms with van der Waals surface area (Å²) in [7, 11) is 0. The van der Waals surface area contributed by atoms with E-state index in [9.17, 15) is 4.79 Å². The van der Waals surface area contributed by atoms with Crippen molar-refractivity contribution in [2.75, 3.05) is 18.0 Å². The van der Waals surface area contributed by atoms with E-state index in [1.807, 2.05) is 0 Å². The van der Waals surface area contributed by atoms with E-state index < -0.39 is 0 Å². The SMILES string of the molecule is O=C1c2c(cccc2N2CCCC2)CN1C1CC1. The van der Waals surface area contributed by atoms with E-state index in [2.05, 4.69) is 28.0 Å². The fourth-order valence-electron chi connectivity index (χ4n) is 3.27. The third kappa shape index (κ3) is 1.46. The summed E-state index contributed by atoms with van der Waals surface area (Å²) >= 11 is 0. The Labute approximate surface area is 107 Å². The van der Waals surface area contributed by atoms with Crippen molar-refractivity contribution in [2.45, 2.75) is 38.3 Å². The average molecular weight is 242 g/mol. The van der Waals surface area contributed by atoms with E-state index >= 15 is 0 Å².